The fourth-order valence-corrected chi connectivity index (χ4v) is 1.41. The van der Waals surface area contributed by atoms with Crippen molar-refractivity contribution in [3.63, 3.8) is 0 Å². The van der Waals surface area contributed by atoms with Gasteiger partial charge >= 0.3 is 6.09 Å². The maximum Gasteiger partial charge on any atom is 0.412 e. The molecule has 4 nitrogen and oxygen atoms in total. The summed E-state index contributed by atoms with van der Waals surface area (Å²) >= 11 is 0. The first-order valence-electron chi connectivity index (χ1n) is 6.15. The smallest absolute Gasteiger partial charge is 0.412 e. The molecule has 0 unspecified atom stereocenters. The Morgan fingerprint density at radius 2 is 1.95 bits per heavy atom. The number of rotatable bonds is 3. The number of anilines is 1. The molecule has 0 spiro atoms. The molecule has 0 aliphatic heterocycles. The van der Waals surface area contributed by atoms with Crippen molar-refractivity contribution < 1.29 is 18.7 Å². The van der Waals surface area contributed by atoms with Crippen LogP contribution in [0.2, 0.25) is 0 Å². The Bertz CT molecular complexity index is 545. The van der Waals surface area contributed by atoms with Crippen LogP contribution in [0.3, 0.4) is 0 Å². The third kappa shape index (κ3) is 5.65. The van der Waals surface area contributed by atoms with Gasteiger partial charge in [-0.05, 0) is 58.0 Å². The highest BCUT2D eigenvalue weighted by atomic mass is 19.1. The molecule has 0 heterocycles. The number of carbonyl (C=O) groups is 2. The van der Waals surface area contributed by atoms with E-state index in [1.165, 1.54) is 37.3 Å². The third-order valence-electron chi connectivity index (χ3n) is 2.15. The lowest BCUT2D eigenvalue weighted by atomic mass is 10.1. The molecule has 0 aliphatic rings. The average Bonchev–Trinajstić information content (AvgIpc) is 2.26. The summed E-state index contributed by atoms with van der Waals surface area (Å²) in [5, 5.41) is 2.53. The van der Waals surface area contributed by atoms with Gasteiger partial charge in [0.15, 0.2) is 5.78 Å². The van der Waals surface area contributed by atoms with E-state index in [1.54, 1.807) is 20.8 Å². The average molecular weight is 279 g/mol. The molecule has 0 bridgehead atoms. The van der Waals surface area contributed by atoms with E-state index in [1.807, 2.05) is 0 Å². The van der Waals surface area contributed by atoms with E-state index in [9.17, 15) is 14.0 Å². The van der Waals surface area contributed by atoms with Crippen molar-refractivity contribution in [1.82, 2.24) is 0 Å². The largest absolute Gasteiger partial charge is 0.444 e. The zero-order valence-electron chi connectivity index (χ0n) is 12.0. The zero-order chi connectivity index (χ0) is 15.3. The number of halogens is 1. The molecule has 1 rings (SSSR count). The molecule has 1 aromatic rings. The zero-order valence-corrected chi connectivity index (χ0v) is 12.0. The molecule has 5 heteroatoms. The second-order valence-electron chi connectivity index (χ2n) is 5.30. The van der Waals surface area contributed by atoms with Crippen molar-refractivity contribution in [2.45, 2.75) is 33.3 Å². The number of nitrogens with one attached hydrogen (secondary N) is 1. The summed E-state index contributed by atoms with van der Waals surface area (Å²) in [4.78, 5) is 22.6. The monoisotopic (exact) mass is 279 g/mol. The number of allylic oxidation sites excluding steroid dienone is 1. The molecule has 0 fully saturated rings. The van der Waals surface area contributed by atoms with Gasteiger partial charge in [-0.25, -0.2) is 9.18 Å². The summed E-state index contributed by atoms with van der Waals surface area (Å²) < 4.78 is 18.3. The van der Waals surface area contributed by atoms with Crippen molar-refractivity contribution in [3.05, 3.63) is 35.7 Å². The number of ether oxygens (including phenoxy) is 1. The van der Waals surface area contributed by atoms with Gasteiger partial charge in [0.25, 0.3) is 0 Å². The minimum atomic E-state index is -0.637. The molecule has 0 aliphatic carbocycles. The van der Waals surface area contributed by atoms with Crippen LogP contribution in [0.15, 0.2) is 24.3 Å². The topological polar surface area (TPSA) is 55.4 Å². The van der Waals surface area contributed by atoms with Gasteiger partial charge in [0.05, 0.1) is 5.69 Å². The van der Waals surface area contributed by atoms with Crippen LogP contribution in [0.25, 0.3) is 6.08 Å². The van der Waals surface area contributed by atoms with Gasteiger partial charge in [-0.2, -0.15) is 0 Å². The van der Waals surface area contributed by atoms with E-state index >= 15 is 0 Å². The van der Waals surface area contributed by atoms with Gasteiger partial charge in [0, 0.05) is 5.56 Å². The highest BCUT2D eigenvalue weighted by Crippen LogP contribution is 2.20. The Kier molecular flexibility index (Phi) is 5.02. The Morgan fingerprint density at radius 3 is 2.50 bits per heavy atom. The first kappa shape index (κ1) is 15.9. The second-order valence-corrected chi connectivity index (χ2v) is 5.30. The molecule has 0 aromatic heterocycles. The Balaban J connectivity index is 2.94. The van der Waals surface area contributed by atoms with E-state index in [2.05, 4.69) is 5.32 Å². The Morgan fingerprint density at radius 1 is 1.30 bits per heavy atom. The number of hydrogen-bond acceptors (Lipinski definition) is 3. The van der Waals surface area contributed by atoms with Gasteiger partial charge in [-0.1, -0.05) is 0 Å². The van der Waals surface area contributed by atoms with Crippen LogP contribution in [-0.4, -0.2) is 17.5 Å². The number of amides is 1. The van der Waals surface area contributed by atoms with E-state index < -0.39 is 17.5 Å². The summed E-state index contributed by atoms with van der Waals surface area (Å²) in [7, 11) is 0. The van der Waals surface area contributed by atoms with Crippen LogP contribution in [0.1, 0.15) is 33.3 Å². The van der Waals surface area contributed by atoms with Crippen molar-refractivity contribution >= 4 is 23.6 Å². The molecule has 0 radical (unpaired) electrons. The summed E-state index contributed by atoms with van der Waals surface area (Å²) in [6.45, 7) is 6.62. The molecule has 1 N–H and O–H groups in total. The number of hydrogen-bond donors (Lipinski definition) is 1. The number of carbonyl (C=O) groups excluding carboxylic acids is 2. The van der Waals surface area contributed by atoms with Crippen molar-refractivity contribution in [1.29, 1.82) is 0 Å². The second kappa shape index (κ2) is 6.32. The quantitative estimate of drug-likeness (QED) is 0.857. The molecule has 1 aromatic carbocycles. The van der Waals surface area contributed by atoms with Crippen molar-refractivity contribution in [2.75, 3.05) is 5.32 Å². The normalized spacial score (nSPS) is 11.4. The van der Waals surface area contributed by atoms with E-state index in [-0.39, 0.29) is 5.78 Å². The summed E-state index contributed by atoms with van der Waals surface area (Å²) in [6, 6.07) is 3.86. The standard InChI is InChI=1S/C15H18FNO3/c1-10(18)5-6-11-9-12(16)7-8-13(11)17-14(19)20-15(2,3)4/h5-9H,1-4H3,(H,17,19)/b6-5+. The van der Waals surface area contributed by atoms with Crippen LogP contribution in [0, 0.1) is 5.82 Å². The van der Waals surface area contributed by atoms with E-state index in [4.69, 9.17) is 4.74 Å². The van der Waals surface area contributed by atoms with Crippen LogP contribution in [0.4, 0.5) is 14.9 Å². The fraction of sp³-hybridized carbons (Fsp3) is 0.333. The van der Waals surface area contributed by atoms with E-state index in [0.29, 0.717) is 11.3 Å². The maximum absolute atomic E-state index is 13.2. The molecular formula is C15H18FNO3. The number of ketones is 1. The van der Waals surface area contributed by atoms with Crippen LogP contribution in [-0.2, 0) is 9.53 Å². The predicted octanol–water partition coefficient (Wildman–Crippen LogP) is 3.77. The summed E-state index contributed by atoms with van der Waals surface area (Å²) in [5.41, 5.74) is 0.142. The minimum absolute atomic E-state index is 0.169. The van der Waals surface area contributed by atoms with Crippen molar-refractivity contribution in [2.24, 2.45) is 0 Å². The lowest BCUT2D eigenvalue weighted by Crippen LogP contribution is -2.27. The van der Waals surface area contributed by atoms with E-state index in [0.717, 1.165) is 0 Å². The van der Waals surface area contributed by atoms with Gasteiger partial charge in [0.2, 0.25) is 0 Å². The maximum atomic E-state index is 13.2. The van der Waals surface area contributed by atoms with Gasteiger partial charge in [-0.15, -0.1) is 0 Å². The number of benzene rings is 1. The fourth-order valence-electron chi connectivity index (χ4n) is 1.41. The minimum Gasteiger partial charge on any atom is -0.444 e. The molecule has 0 atom stereocenters. The van der Waals surface area contributed by atoms with Gasteiger partial charge in [0.1, 0.15) is 11.4 Å². The lowest BCUT2D eigenvalue weighted by molar-refractivity contribution is -0.112. The molecule has 20 heavy (non-hydrogen) atoms. The molecule has 0 saturated heterocycles. The predicted molar refractivity (Wildman–Crippen MR) is 76.0 cm³/mol. The lowest BCUT2D eigenvalue weighted by Gasteiger charge is -2.20. The highest BCUT2D eigenvalue weighted by Gasteiger charge is 2.17. The van der Waals surface area contributed by atoms with Crippen molar-refractivity contribution in [3.8, 4) is 0 Å². The van der Waals surface area contributed by atoms with Gasteiger partial charge in [-0.3, -0.25) is 10.1 Å². The van der Waals surface area contributed by atoms with Crippen LogP contribution < -0.4 is 5.32 Å². The Labute approximate surface area is 117 Å². The molecule has 1 amide bonds. The van der Waals surface area contributed by atoms with Crippen LogP contribution >= 0.6 is 0 Å². The molecule has 0 saturated carbocycles. The Hall–Kier alpha value is -2.17. The molecule has 108 valence electrons. The molecular weight excluding hydrogens is 261 g/mol. The summed E-state index contributed by atoms with van der Waals surface area (Å²) in [6.07, 6.45) is 2.11. The third-order valence-corrected chi connectivity index (χ3v) is 2.15. The SMILES string of the molecule is CC(=O)/C=C/c1cc(F)ccc1NC(=O)OC(C)(C)C. The summed E-state index contributed by atoms with van der Waals surface area (Å²) in [5.74, 6) is -0.625. The highest BCUT2D eigenvalue weighted by molar-refractivity contribution is 5.94. The van der Waals surface area contributed by atoms with Crippen LogP contribution in [0.5, 0.6) is 0 Å². The first-order chi connectivity index (χ1) is 9.17. The van der Waals surface area contributed by atoms with Gasteiger partial charge < -0.3 is 4.74 Å². The first-order valence-corrected chi connectivity index (χ1v) is 6.15.